The zero-order chi connectivity index (χ0) is 13.7. The Labute approximate surface area is 114 Å². The van der Waals surface area contributed by atoms with E-state index in [0.717, 1.165) is 4.47 Å². The van der Waals surface area contributed by atoms with Gasteiger partial charge in [0.1, 0.15) is 5.57 Å². The third kappa shape index (κ3) is 3.70. The lowest BCUT2D eigenvalue weighted by molar-refractivity contribution is -0.135. The molecule has 1 aromatic carbocycles. The van der Waals surface area contributed by atoms with E-state index >= 15 is 0 Å². The van der Waals surface area contributed by atoms with E-state index in [-0.39, 0.29) is 11.4 Å². The number of hydrogen-bond donors (Lipinski definition) is 0. The SMILES string of the molecule is COC(=O)/C(=C\N(C)C)C(=O)c1ccc(Br)cc1. The first-order valence-corrected chi connectivity index (χ1v) is 6.02. The molecule has 1 aromatic rings. The van der Waals surface area contributed by atoms with E-state index in [4.69, 9.17) is 0 Å². The van der Waals surface area contributed by atoms with Crippen LogP contribution in [0.15, 0.2) is 40.5 Å². The van der Waals surface area contributed by atoms with Crippen LogP contribution in [0, 0.1) is 0 Å². The van der Waals surface area contributed by atoms with E-state index in [1.54, 1.807) is 43.3 Å². The Balaban J connectivity index is 3.11. The number of hydrogen-bond acceptors (Lipinski definition) is 4. The number of ketones is 1. The molecule has 0 spiro atoms. The predicted octanol–water partition coefficient (Wildman–Crippen LogP) is 2.25. The molecular weight excluding hydrogens is 298 g/mol. The Hall–Kier alpha value is -1.62. The minimum absolute atomic E-state index is 0.00447. The summed E-state index contributed by atoms with van der Waals surface area (Å²) in [7, 11) is 4.72. The van der Waals surface area contributed by atoms with Crippen LogP contribution in [0.1, 0.15) is 10.4 Å². The molecule has 0 aliphatic carbocycles. The van der Waals surface area contributed by atoms with Gasteiger partial charge in [-0.1, -0.05) is 15.9 Å². The number of ether oxygens (including phenoxy) is 1. The summed E-state index contributed by atoms with van der Waals surface area (Å²) in [6.45, 7) is 0. The first-order chi connectivity index (χ1) is 8.45. The Bertz CT molecular complexity index is 478. The Morgan fingerprint density at radius 1 is 1.22 bits per heavy atom. The van der Waals surface area contributed by atoms with Crippen molar-refractivity contribution in [2.24, 2.45) is 0 Å². The summed E-state index contributed by atoms with van der Waals surface area (Å²) >= 11 is 3.29. The van der Waals surface area contributed by atoms with Crippen LogP contribution >= 0.6 is 15.9 Å². The van der Waals surface area contributed by atoms with Crippen LogP contribution in [-0.2, 0) is 9.53 Å². The molecule has 0 N–H and O–H groups in total. The minimum atomic E-state index is -0.642. The van der Waals surface area contributed by atoms with Crippen molar-refractivity contribution in [1.82, 2.24) is 4.90 Å². The first-order valence-electron chi connectivity index (χ1n) is 5.22. The summed E-state index contributed by atoms with van der Waals surface area (Å²) in [6, 6.07) is 6.80. The molecule has 0 saturated carbocycles. The number of Topliss-reactive ketones (excluding diaryl/α,β-unsaturated/α-hetero) is 1. The van der Waals surface area contributed by atoms with Gasteiger partial charge in [0, 0.05) is 30.3 Å². The monoisotopic (exact) mass is 311 g/mol. The van der Waals surface area contributed by atoms with Crippen LogP contribution in [0.2, 0.25) is 0 Å². The second-order valence-corrected chi connectivity index (χ2v) is 4.75. The van der Waals surface area contributed by atoms with Crippen molar-refractivity contribution in [3.05, 3.63) is 46.1 Å². The molecule has 5 heteroatoms. The molecule has 4 nitrogen and oxygen atoms in total. The average Bonchev–Trinajstić information content (AvgIpc) is 2.35. The predicted molar refractivity (Wildman–Crippen MR) is 72.3 cm³/mol. The second kappa shape index (κ2) is 6.35. The average molecular weight is 312 g/mol. The maximum absolute atomic E-state index is 12.2. The molecule has 96 valence electrons. The van der Waals surface area contributed by atoms with Gasteiger partial charge in [-0.2, -0.15) is 0 Å². The van der Waals surface area contributed by atoms with Crippen LogP contribution in [0.5, 0.6) is 0 Å². The van der Waals surface area contributed by atoms with Gasteiger partial charge >= 0.3 is 5.97 Å². The molecule has 0 heterocycles. The molecule has 18 heavy (non-hydrogen) atoms. The van der Waals surface area contributed by atoms with Crippen molar-refractivity contribution in [1.29, 1.82) is 0 Å². The van der Waals surface area contributed by atoms with Gasteiger partial charge in [-0.05, 0) is 24.3 Å². The highest BCUT2D eigenvalue weighted by Gasteiger charge is 2.20. The first kappa shape index (κ1) is 14.4. The number of methoxy groups -OCH3 is 1. The number of nitrogens with zero attached hydrogens (tertiary/aromatic N) is 1. The minimum Gasteiger partial charge on any atom is -0.465 e. The standard InChI is InChI=1S/C13H14BrNO3/c1-15(2)8-11(13(17)18-3)12(16)9-4-6-10(14)7-5-9/h4-8H,1-3H3/b11-8-. The lowest BCUT2D eigenvalue weighted by atomic mass is 10.0. The summed E-state index contributed by atoms with van der Waals surface area (Å²) in [5.41, 5.74) is 0.446. The lowest BCUT2D eigenvalue weighted by Gasteiger charge is -2.09. The highest BCUT2D eigenvalue weighted by atomic mass is 79.9. The Kier molecular flexibility index (Phi) is 5.09. The molecule has 0 saturated heterocycles. The zero-order valence-electron chi connectivity index (χ0n) is 10.4. The van der Waals surface area contributed by atoms with Crippen LogP contribution < -0.4 is 0 Å². The maximum atomic E-state index is 12.2. The molecule has 0 unspecified atom stereocenters. The van der Waals surface area contributed by atoms with Gasteiger partial charge in [-0.15, -0.1) is 0 Å². The molecule has 0 amide bonds. The zero-order valence-corrected chi connectivity index (χ0v) is 12.0. The quantitative estimate of drug-likeness (QED) is 0.281. The molecule has 0 aliphatic rings. The van der Waals surface area contributed by atoms with Crippen molar-refractivity contribution >= 4 is 27.7 Å². The molecule has 0 radical (unpaired) electrons. The Morgan fingerprint density at radius 3 is 2.22 bits per heavy atom. The maximum Gasteiger partial charge on any atom is 0.343 e. The second-order valence-electron chi connectivity index (χ2n) is 3.83. The number of carbonyl (C=O) groups excluding carboxylic acids is 2. The largest absolute Gasteiger partial charge is 0.465 e. The molecule has 1 rings (SSSR count). The smallest absolute Gasteiger partial charge is 0.343 e. The van der Waals surface area contributed by atoms with Gasteiger partial charge < -0.3 is 9.64 Å². The normalized spacial score (nSPS) is 11.0. The van der Waals surface area contributed by atoms with Crippen molar-refractivity contribution in [3.8, 4) is 0 Å². The number of halogens is 1. The fourth-order valence-electron chi connectivity index (χ4n) is 1.33. The number of esters is 1. The molecule has 0 fully saturated rings. The fraction of sp³-hybridized carbons (Fsp3) is 0.231. The van der Waals surface area contributed by atoms with Gasteiger partial charge in [0.05, 0.1) is 7.11 Å². The topological polar surface area (TPSA) is 46.6 Å². The van der Waals surface area contributed by atoms with Crippen LogP contribution in [0.3, 0.4) is 0 Å². The number of benzene rings is 1. The highest BCUT2D eigenvalue weighted by molar-refractivity contribution is 9.10. The highest BCUT2D eigenvalue weighted by Crippen LogP contribution is 2.15. The van der Waals surface area contributed by atoms with Crippen molar-refractivity contribution < 1.29 is 14.3 Å². The Morgan fingerprint density at radius 2 is 1.78 bits per heavy atom. The molecule has 0 atom stereocenters. The van der Waals surface area contributed by atoms with Crippen LogP contribution in [0.4, 0.5) is 0 Å². The summed E-state index contributed by atoms with van der Waals surface area (Å²) < 4.78 is 5.49. The van der Waals surface area contributed by atoms with Crippen LogP contribution in [0.25, 0.3) is 0 Å². The van der Waals surface area contributed by atoms with Crippen molar-refractivity contribution in [3.63, 3.8) is 0 Å². The summed E-state index contributed by atoms with van der Waals surface area (Å²) in [5, 5.41) is 0. The van der Waals surface area contributed by atoms with Gasteiger partial charge in [0.2, 0.25) is 5.78 Å². The molecule has 0 aliphatic heterocycles. The third-order valence-electron chi connectivity index (χ3n) is 2.14. The lowest BCUT2D eigenvalue weighted by Crippen LogP contribution is -2.18. The van der Waals surface area contributed by atoms with E-state index in [1.807, 2.05) is 0 Å². The van der Waals surface area contributed by atoms with Gasteiger partial charge in [0.15, 0.2) is 0 Å². The fourth-order valence-corrected chi connectivity index (χ4v) is 1.59. The summed E-state index contributed by atoms with van der Waals surface area (Å²) in [6.07, 6.45) is 1.45. The van der Waals surface area contributed by atoms with Crippen LogP contribution in [-0.4, -0.2) is 37.9 Å². The summed E-state index contributed by atoms with van der Waals surface area (Å²) in [4.78, 5) is 25.4. The molecule has 0 aromatic heterocycles. The molecule has 0 bridgehead atoms. The van der Waals surface area contributed by atoms with E-state index in [2.05, 4.69) is 20.7 Å². The van der Waals surface area contributed by atoms with E-state index < -0.39 is 5.97 Å². The van der Waals surface area contributed by atoms with E-state index in [1.165, 1.54) is 13.3 Å². The number of carbonyl (C=O) groups is 2. The molecular formula is C13H14BrNO3. The van der Waals surface area contributed by atoms with Crippen molar-refractivity contribution in [2.75, 3.05) is 21.2 Å². The third-order valence-corrected chi connectivity index (χ3v) is 2.67. The van der Waals surface area contributed by atoms with Gasteiger partial charge in [-0.25, -0.2) is 4.79 Å². The number of rotatable bonds is 4. The van der Waals surface area contributed by atoms with Crippen molar-refractivity contribution in [2.45, 2.75) is 0 Å². The van der Waals surface area contributed by atoms with Gasteiger partial charge in [-0.3, -0.25) is 4.79 Å². The van der Waals surface area contributed by atoms with Gasteiger partial charge in [0.25, 0.3) is 0 Å². The van der Waals surface area contributed by atoms with E-state index in [0.29, 0.717) is 5.56 Å². The van der Waals surface area contributed by atoms with E-state index in [9.17, 15) is 9.59 Å². The summed E-state index contributed by atoms with van der Waals surface area (Å²) in [5.74, 6) is -1.00.